The molecule has 1 amide bonds. The standard InChI is InChI=1S/C23H21F6N5O2/c1-36-21-14(3-2-4-31-21)20-18-11-33(5-6-34(18)22(32-20)23(27,28)29)19(35)9-13(30)7-12-8-16(25)17(26)10-15(12)24/h2-4,8,10,13H,5-7,9,11,30H2,1H3/t13-/m1/s1. The number of carbonyl (C=O) groups is 1. The quantitative estimate of drug-likeness (QED) is 0.402. The van der Waals surface area contributed by atoms with Crippen molar-refractivity contribution in [2.45, 2.75) is 38.1 Å². The highest BCUT2D eigenvalue weighted by Gasteiger charge is 2.41. The first kappa shape index (κ1) is 25.5. The zero-order chi connectivity index (χ0) is 26.2. The molecule has 2 aromatic heterocycles. The normalized spacial score (nSPS) is 14.5. The van der Waals surface area contributed by atoms with Gasteiger partial charge in [0.05, 0.1) is 30.6 Å². The molecule has 192 valence electrons. The van der Waals surface area contributed by atoms with Crippen LogP contribution in [0.4, 0.5) is 26.3 Å². The summed E-state index contributed by atoms with van der Waals surface area (Å²) in [5, 5.41) is 0. The van der Waals surface area contributed by atoms with Gasteiger partial charge in [0.15, 0.2) is 11.6 Å². The summed E-state index contributed by atoms with van der Waals surface area (Å²) in [6.45, 7) is -0.402. The molecule has 0 fully saturated rings. The summed E-state index contributed by atoms with van der Waals surface area (Å²) in [4.78, 5) is 22.1. The van der Waals surface area contributed by atoms with Gasteiger partial charge < -0.3 is 19.9 Å². The molecule has 0 saturated heterocycles. The minimum atomic E-state index is -4.73. The van der Waals surface area contributed by atoms with E-state index in [4.69, 9.17) is 10.5 Å². The topological polar surface area (TPSA) is 86.3 Å². The summed E-state index contributed by atoms with van der Waals surface area (Å²) in [6, 6.07) is 3.19. The van der Waals surface area contributed by atoms with Crippen LogP contribution >= 0.6 is 0 Å². The van der Waals surface area contributed by atoms with Crippen LogP contribution in [0.15, 0.2) is 30.5 Å². The molecule has 1 aromatic carbocycles. The maximum absolute atomic E-state index is 13.9. The van der Waals surface area contributed by atoms with Gasteiger partial charge in [0.2, 0.25) is 17.6 Å². The number of amides is 1. The number of fused-ring (bicyclic) bond motifs is 1. The Bertz CT molecular complexity index is 1290. The number of hydrogen-bond donors (Lipinski definition) is 1. The largest absolute Gasteiger partial charge is 0.481 e. The molecular weight excluding hydrogens is 492 g/mol. The monoisotopic (exact) mass is 513 g/mol. The van der Waals surface area contributed by atoms with Crippen molar-refractivity contribution in [2.75, 3.05) is 13.7 Å². The van der Waals surface area contributed by atoms with Crippen molar-refractivity contribution in [2.24, 2.45) is 5.73 Å². The van der Waals surface area contributed by atoms with Gasteiger partial charge in [-0.3, -0.25) is 4.79 Å². The fourth-order valence-corrected chi connectivity index (χ4v) is 4.17. The summed E-state index contributed by atoms with van der Waals surface area (Å²) in [5.41, 5.74) is 6.14. The number of halogens is 6. The van der Waals surface area contributed by atoms with Gasteiger partial charge in [0, 0.05) is 37.8 Å². The molecular formula is C23H21F6N5O2. The maximum Gasteiger partial charge on any atom is 0.449 e. The van der Waals surface area contributed by atoms with Gasteiger partial charge in [0.1, 0.15) is 5.82 Å². The minimum absolute atomic E-state index is 0.0158. The molecule has 0 unspecified atom stereocenters. The molecule has 0 spiro atoms. The zero-order valence-electron chi connectivity index (χ0n) is 19.0. The van der Waals surface area contributed by atoms with Gasteiger partial charge in [-0.2, -0.15) is 13.2 Å². The second-order valence-corrected chi connectivity index (χ2v) is 8.28. The second kappa shape index (κ2) is 9.80. The van der Waals surface area contributed by atoms with Crippen LogP contribution in [-0.4, -0.2) is 45.0 Å². The summed E-state index contributed by atoms with van der Waals surface area (Å²) in [6.07, 6.45) is -3.84. The number of methoxy groups -OCH3 is 1. The first-order valence-corrected chi connectivity index (χ1v) is 10.8. The number of carbonyl (C=O) groups excluding carboxylic acids is 1. The molecule has 0 bridgehead atoms. The first-order chi connectivity index (χ1) is 17.0. The van der Waals surface area contributed by atoms with Crippen LogP contribution in [0, 0.1) is 17.5 Å². The fourth-order valence-electron chi connectivity index (χ4n) is 4.17. The van der Waals surface area contributed by atoms with Crippen LogP contribution in [0.5, 0.6) is 5.88 Å². The third-order valence-electron chi connectivity index (χ3n) is 5.84. The van der Waals surface area contributed by atoms with Crippen LogP contribution in [0.25, 0.3) is 11.3 Å². The van der Waals surface area contributed by atoms with Crippen molar-refractivity contribution in [1.82, 2.24) is 19.4 Å². The van der Waals surface area contributed by atoms with Crippen LogP contribution in [0.3, 0.4) is 0 Å². The van der Waals surface area contributed by atoms with E-state index in [0.29, 0.717) is 12.1 Å². The van der Waals surface area contributed by atoms with E-state index in [2.05, 4.69) is 9.97 Å². The predicted octanol–water partition coefficient (Wildman–Crippen LogP) is 3.69. The van der Waals surface area contributed by atoms with Crippen molar-refractivity contribution in [3.05, 3.63) is 65.0 Å². The van der Waals surface area contributed by atoms with Crippen molar-refractivity contribution in [1.29, 1.82) is 0 Å². The number of aromatic nitrogens is 3. The van der Waals surface area contributed by atoms with E-state index >= 15 is 0 Å². The van der Waals surface area contributed by atoms with Crippen LogP contribution in [-0.2, 0) is 30.5 Å². The Hall–Kier alpha value is -3.61. The summed E-state index contributed by atoms with van der Waals surface area (Å²) < 4.78 is 87.8. The molecule has 0 saturated carbocycles. The van der Waals surface area contributed by atoms with Gasteiger partial charge in [0.25, 0.3) is 0 Å². The van der Waals surface area contributed by atoms with E-state index in [9.17, 15) is 31.1 Å². The lowest BCUT2D eigenvalue weighted by molar-refractivity contribution is -0.148. The Balaban J connectivity index is 1.57. The second-order valence-electron chi connectivity index (χ2n) is 8.28. The molecule has 4 rings (SSSR count). The third-order valence-corrected chi connectivity index (χ3v) is 5.84. The summed E-state index contributed by atoms with van der Waals surface area (Å²) in [5.74, 6) is -5.09. The molecule has 36 heavy (non-hydrogen) atoms. The lowest BCUT2D eigenvalue weighted by atomic mass is 10.0. The van der Waals surface area contributed by atoms with Gasteiger partial charge >= 0.3 is 6.18 Å². The summed E-state index contributed by atoms with van der Waals surface area (Å²) >= 11 is 0. The highest BCUT2D eigenvalue weighted by molar-refractivity contribution is 5.77. The van der Waals surface area contributed by atoms with Crippen molar-refractivity contribution < 1.29 is 35.9 Å². The number of nitrogens with two attached hydrogens (primary N) is 1. The smallest absolute Gasteiger partial charge is 0.449 e. The SMILES string of the molecule is COc1ncccc1-c1nc(C(F)(F)F)n2c1CN(C(=O)C[C@H](N)Cc1cc(F)c(F)cc1F)CC2. The molecule has 13 heteroatoms. The highest BCUT2D eigenvalue weighted by atomic mass is 19.4. The molecule has 0 radical (unpaired) electrons. The lowest BCUT2D eigenvalue weighted by Gasteiger charge is -2.30. The van der Waals surface area contributed by atoms with E-state index in [1.165, 1.54) is 30.3 Å². The fraction of sp³-hybridized carbons (Fsp3) is 0.348. The molecule has 0 aliphatic carbocycles. The predicted molar refractivity (Wildman–Crippen MR) is 115 cm³/mol. The molecule has 3 aromatic rings. The number of pyridine rings is 1. The highest BCUT2D eigenvalue weighted by Crippen LogP contribution is 2.38. The number of hydrogen-bond acceptors (Lipinski definition) is 5. The number of alkyl halides is 3. The van der Waals surface area contributed by atoms with Crippen LogP contribution < -0.4 is 10.5 Å². The molecule has 7 nitrogen and oxygen atoms in total. The number of rotatable bonds is 6. The maximum atomic E-state index is 13.9. The van der Waals surface area contributed by atoms with Crippen molar-refractivity contribution >= 4 is 5.91 Å². The first-order valence-electron chi connectivity index (χ1n) is 10.8. The average molecular weight is 513 g/mol. The van der Waals surface area contributed by atoms with Crippen molar-refractivity contribution in [3.8, 4) is 17.1 Å². The Morgan fingerprint density at radius 1 is 1.17 bits per heavy atom. The number of nitrogens with zero attached hydrogens (tertiary/aromatic N) is 4. The van der Waals surface area contributed by atoms with E-state index in [0.717, 1.165) is 4.57 Å². The van der Waals surface area contributed by atoms with E-state index in [1.807, 2.05) is 0 Å². The van der Waals surface area contributed by atoms with Gasteiger partial charge in [-0.05, 0) is 30.2 Å². The number of imidazole rings is 1. The molecule has 1 aliphatic rings. The minimum Gasteiger partial charge on any atom is -0.481 e. The average Bonchev–Trinajstić information content (AvgIpc) is 3.21. The van der Waals surface area contributed by atoms with Crippen molar-refractivity contribution in [3.63, 3.8) is 0 Å². The van der Waals surface area contributed by atoms with Gasteiger partial charge in [-0.25, -0.2) is 23.1 Å². The van der Waals surface area contributed by atoms with E-state index < -0.39 is 41.4 Å². The van der Waals surface area contributed by atoms with Gasteiger partial charge in [-0.1, -0.05) is 0 Å². The lowest BCUT2D eigenvalue weighted by Crippen LogP contribution is -2.42. The molecule has 1 aliphatic heterocycles. The molecule has 3 heterocycles. The molecule has 2 N–H and O–H groups in total. The Morgan fingerprint density at radius 2 is 1.89 bits per heavy atom. The zero-order valence-corrected chi connectivity index (χ0v) is 19.0. The Kier molecular flexibility index (Phi) is 6.94. The number of benzene rings is 1. The Labute approximate surface area is 201 Å². The molecule has 1 atom stereocenters. The van der Waals surface area contributed by atoms with Crippen LogP contribution in [0.2, 0.25) is 0 Å². The van der Waals surface area contributed by atoms with E-state index in [-0.39, 0.29) is 60.9 Å². The van der Waals surface area contributed by atoms with Crippen LogP contribution in [0.1, 0.15) is 23.5 Å². The Morgan fingerprint density at radius 3 is 2.58 bits per heavy atom. The van der Waals surface area contributed by atoms with E-state index in [1.54, 1.807) is 0 Å². The van der Waals surface area contributed by atoms with Gasteiger partial charge in [-0.15, -0.1) is 0 Å². The number of ether oxygens (including phenoxy) is 1. The summed E-state index contributed by atoms with van der Waals surface area (Å²) in [7, 11) is 1.33. The third kappa shape index (κ3) is 5.01.